The number of likely N-dealkylation sites (tertiary alicyclic amines) is 1. The second-order valence-electron chi connectivity index (χ2n) is 4.89. The van der Waals surface area contributed by atoms with Gasteiger partial charge in [-0.15, -0.1) is 11.3 Å². The summed E-state index contributed by atoms with van der Waals surface area (Å²) in [6, 6.07) is 2.12. The fraction of sp³-hybridized carbons (Fsp3) is 0.692. The number of nitrogens with one attached hydrogen (secondary N) is 1. The van der Waals surface area contributed by atoms with Gasteiger partial charge in [0, 0.05) is 29.0 Å². The lowest BCUT2D eigenvalue weighted by atomic mass is 9.99. The van der Waals surface area contributed by atoms with Gasteiger partial charge in [-0.2, -0.15) is 0 Å². The van der Waals surface area contributed by atoms with Gasteiger partial charge >= 0.3 is 0 Å². The standard InChI is InChI=1S/C13H21BrN2S/c1-11-2-6-16(7-3-11)8-5-15-10-13-12(14)4-9-17-13/h4,9,11,15H,2-3,5-8,10H2,1H3. The highest BCUT2D eigenvalue weighted by atomic mass is 79.9. The second-order valence-corrected chi connectivity index (χ2v) is 6.75. The largest absolute Gasteiger partial charge is 0.311 e. The monoisotopic (exact) mass is 316 g/mol. The molecule has 1 N–H and O–H groups in total. The average Bonchev–Trinajstić information content (AvgIpc) is 2.73. The summed E-state index contributed by atoms with van der Waals surface area (Å²) < 4.78 is 1.24. The maximum absolute atomic E-state index is 3.56. The minimum Gasteiger partial charge on any atom is -0.311 e. The van der Waals surface area contributed by atoms with Gasteiger partial charge in [0.2, 0.25) is 0 Å². The van der Waals surface area contributed by atoms with E-state index in [0.717, 1.165) is 19.0 Å². The van der Waals surface area contributed by atoms with Gasteiger partial charge in [-0.3, -0.25) is 0 Å². The normalized spacial score (nSPS) is 18.7. The molecule has 0 aromatic carbocycles. The molecule has 0 spiro atoms. The highest BCUT2D eigenvalue weighted by molar-refractivity contribution is 9.10. The third kappa shape index (κ3) is 4.36. The van der Waals surface area contributed by atoms with Crippen LogP contribution < -0.4 is 5.32 Å². The Balaban J connectivity index is 1.59. The maximum Gasteiger partial charge on any atom is 0.0327 e. The van der Waals surface area contributed by atoms with Gasteiger partial charge in [-0.05, 0) is 59.2 Å². The zero-order valence-corrected chi connectivity index (χ0v) is 12.8. The Bertz CT molecular complexity index is 332. The lowest BCUT2D eigenvalue weighted by molar-refractivity contribution is 0.193. The van der Waals surface area contributed by atoms with E-state index in [0.29, 0.717) is 0 Å². The number of piperidine rings is 1. The molecule has 1 saturated heterocycles. The summed E-state index contributed by atoms with van der Waals surface area (Å²) in [6.45, 7) is 8.21. The summed E-state index contributed by atoms with van der Waals surface area (Å²) in [5.41, 5.74) is 0. The van der Waals surface area contributed by atoms with Crippen LogP contribution in [0.2, 0.25) is 0 Å². The first-order valence-electron chi connectivity index (χ1n) is 6.40. The van der Waals surface area contributed by atoms with Crippen molar-refractivity contribution in [1.82, 2.24) is 10.2 Å². The SMILES string of the molecule is CC1CCN(CCNCc2sccc2Br)CC1. The minimum atomic E-state index is 0.932. The third-order valence-electron chi connectivity index (χ3n) is 3.46. The van der Waals surface area contributed by atoms with Gasteiger partial charge in [-0.25, -0.2) is 0 Å². The first-order valence-corrected chi connectivity index (χ1v) is 8.08. The number of thiophene rings is 1. The summed E-state index contributed by atoms with van der Waals surface area (Å²) in [5, 5.41) is 5.66. The summed E-state index contributed by atoms with van der Waals surface area (Å²) in [5.74, 6) is 0.932. The minimum absolute atomic E-state index is 0.932. The second kappa shape index (κ2) is 6.88. The highest BCUT2D eigenvalue weighted by Gasteiger charge is 2.14. The molecule has 0 bridgehead atoms. The number of rotatable bonds is 5. The molecule has 1 aliphatic heterocycles. The van der Waals surface area contributed by atoms with Crippen molar-refractivity contribution >= 4 is 27.3 Å². The Labute approximate surface area is 117 Å². The van der Waals surface area contributed by atoms with E-state index in [-0.39, 0.29) is 0 Å². The topological polar surface area (TPSA) is 15.3 Å². The molecule has 2 heterocycles. The Morgan fingerprint density at radius 1 is 1.47 bits per heavy atom. The molecule has 2 rings (SSSR count). The Morgan fingerprint density at radius 3 is 2.88 bits per heavy atom. The molecule has 96 valence electrons. The molecule has 1 aromatic rings. The third-order valence-corrected chi connectivity index (χ3v) is 5.38. The summed E-state index contributed by atoms with van der Waals surface area (Å²) >= 11 is 5.37. The van der Waals surface area contributed by atoms with Crippen molar-refractivity contribution in [2.24, 2.45) is 5.92 Å². The van der Waals surface area contributed by atoms with Crippen LogP contribution in [0.25, 0.3) is 0 Å². The summed E-state index contributed by atoms with van der Waals surface area (Å²) in [7, 11) is 0. The van der Waals surface area contributed by atoms with Crippen molar-refractivity contribution in [3.05, 3.63) is 20.8 Å². The number of hydrogen-bond donors (Lipinski definition) is 1. The molecule has 2 nitrogen and oxygen atoms in total. The van der Waals surface area contributed by atoms with Crippen LogP contribution in [0.1, 0.15) is 24.6 Å². The number of halogens is 1. The zero-order chi connectivity index (χ0) is 12.1. The molecule has 0 aliphatic carbocycles. The van der Waals surface area contributed by atoms with Gasteiger partial charge in [0.1, 0.15) is 0 Å². The quantitative estimate of drug-likeness (QED) is 0.838. The molecular formula is C13H21BrN2S. The van der Waals surface area contributed by atoms with Crippen molar-refractivity contribution in [1.29, 1.82) is 0 Å². The first kappa shape index (κ1) is 13.5. The molecule has 1 fully saturated rings. The van der Waals surface area contributed by atoms with Gasteiger partial charge in [0.15, 0.2) is 0 Å². The van der Waals surface area contributed by atoms with Crippen LogP contribution in [0.3, 0.4) is 0 Å². The van der Waals surface area contributed by atoms with E-state index in [1.165, 1.54) is 41.8 Å². The van der Waals surface area contributed by atoms with Gasteiger partial charge < -0.3 is 10.2 Å². The fourth-order valence-corrected chi connectivity index (χ4v) is 3.64. The average molecular weight is 317 g/mol. The van der Waals surface area contributed by atoms with Crippen LogP contribution in [0.15, 0.2) is 15.9 Å². The predicted octanol–water partition coefficient (Wildman–Crippen LogP) is 3.33. The Morgan fingerprint density at radius 2 is 2.24 bits per heavy atom. The fourth-order valence-electron chi connectivity index (χ4n) is 2.18. The smallest absolute Gasteiger partial charge is 0.0327 e. The molecule has 4 heteroatoms. The van der Waals surface area contributed by atoms with E-state index in [1.54, 1.807) is 0 Å². The Kier molecular flexibility index (Phi) is 5.48. The molecule has 0 saturated carbocycles. The van der Waals surface area contributed by atoms with Crippen molar-refractivity contribution in [2.45, 2.75) is 26.3 Å². The van der Waals surface area contributed by atoms with E-state index in [2.05, 4.69) is 44.5 Å². The molecule has 0 unspecified atom stereocenters. The van der Waals surface area contributed by atoms with E-state index in [4.69, 9.17) is 0 Å². The number of hydrogen-bond acceptors (Lipinski definition) is 3. The molecular weight excluding hydrogens is 296 g/mol. The van der Waals surface area contributed by atoms with Crippen LogP contribution in [-0.4, -0.2) is 31.1 Å². The van der Waals surface area contributed by atoms with E-state index in [1.807, 2.05) is 11.3 Å². The lowest BCUT2D eigenvalue weighted by Crippen LogP contribution is -2.37. The van der Waals surface area contributed by atoms with E-state index < -0.39 is 0 Å². The first-order chi connectivity index (χ1) is 8.25. The molecule has 0 atom stereocenters. The van der Waals surface area contributed by atoms with Crippen LogP contribution in [0, 0.1) is 5.92 Å². The van der Waals surface area contributed by atoms with Gasteiger partial charge in [-0.1, -0.05) is 6.92 Å². The Hall–Kier alpha value is 0.100. The molecule has 0 radical (unpaired) electrons. The zero-order valence-electron chi connectivity index (χ0n) is 10.4. The van der Waals surface area contributed by atoms with E-state index >= 15 is 0 Å². The summed E-state index contributed by atoms with van der Waals surface area (Å²) in [6.07, 6.45) is 2.74. The van der Waals surface area contributed by atoms with Crippen LogP contribution in [0.5, 0.6) is 0 Å². The lowest BCUT2D eigenvalue weighted by Gasteiger charge is -2.30. The summed E-state index contributed by atoms with van der Waals surface area (Å²) in [4.78, 5) is 3.98. The molecule has 17 heavy (non-hydrogen) atoms. The van der Waals surface area contributed by atoms with Crippen LogP contribution in [0.4, 0.5) is 0 Å². The van der Waals surface area contributed by atoms with Crippen LogP contribution >= 0.6 is 27.3 Å². The van der Waals surface area contributed by atoms with Gasteiger partial charge in [0.05, 0.1) is 0 Å². The van der Waals surface area contributed by atoms with Gasteiger partial charge in [0.25, 0.3) is 0 Å². The predicted molar refractivity (Wildman–Crippen MR) is 78.6 cm³/mol. The number of nitrogens with zero attached hydrogens (tertiary/aromatic N) is 1. The highest BCUT2D eigenvalue weighted by Crippen LogP contribution is 2.22. The molecule has 1 aromatic heterocycles. The van der Waals surface area contributed by atoms with Crippen LogP contribution in [-0.2, 0) is 6.54 Å². The molecule has 0 amide bonds. The van der Waals surface area contributed by atoms with Crippen molar-refractivity contribution in [3.63, 3.8) is 0 Å². The van der Waals surface area contributed by atoms with Crippen molar-refractivity contribution in [2.75, 3.05) is 26.2 Å². The van der Waals surface area contributed by atoms with Crippen molar-refractivity contribution < 1.29 is 0 Å². The molecule has 1 aliphatic rings. The maximum atomic E-state index is 3.56. The van der Waals surface area contributed by atoms with E-state index in [9.17, 15) is 0 Å². The van der Waals surface area contributed by atoms with Crippen molar-refractivity contribution in [3.8, 4) is 0 Å².